The molecule has 17 heavy (non-hydrogen) atoms. The highest BCUT2D eigenvalue weighted by molar-refractivity contribution is 5.73. The first-order valence-electron chi connectivity index (χ1n) is 5.05. The molecule has 1 rings (SSSR count). The van der Waals surface area contributed by atoms with E-state index in [0.717, 1.165) is 6.07 Å². The average molecular weight is 245 g/mol. The van der Waals surface area contributed by atoms with Crippen molar-refractivity contribution < 1.29 is 23.0 Å². The zero-order valence-electron chi connectivity index (χ0n) is 9.57. The van der Waals surface area contributed by atoms with Gasteiger partial charge >= 0.3 is 5.97 Å². The molecule has 0 amide bonds. The lowest BCUT2D eigenvalue weighted by Crippen LogP contribution is -2.09. The third kappa shape index (κ3) is 3.65. The molecule has 0 saturated carbocycles. The summed E-state index contributed by atoms with van der Waals surface area (Å²) in [6.07, 6.45) is -1.51. The van der Waals surface area contributed by atoms with E-state index in [1.54, 1.807) is 6.92 Å². The van der Waals surface area contributed by atoms with Crippen LogP contribution in [-0.2, 0) is 16.0 Å². The van der Waals surface area contributed by atoms with Crippen molar-refractivity contribution in [1.82, 2.24) is 4.98 Å². The number of methoxy groups -OCH3 is 1. The topological polar surface area (TPSA) is 48.4 Å². The maximum Gasteiger partial charge on any atom is 0.310 e. The Hall–Kier alpha value is -1.72. The third-order valence-corrected chi connectivity index (χ3v) is 2.05. The zero-order chi connectivity index (χ0) is 12.8. The Kier molecular flexibility index (Phi) is 4.81. The molecule has 0 atom stereocenters. The van der Waals surface area contributed by atoms with E-state index in [0.29, 0.717) is 5.56 Å². The molecule has 1 aromatic rings. The molecule has 0 aliphatic carbocycles. The van der Waals surface area contributed by atoms with Crippen molar-refractivity contribution in [3.05, 3.63) is 23.5 Å². The van der Waals surface area contributed by atoms with Gasteiger partial charge in [-0.25, -0.2) is 8.78 Å². The molecular weight excluding hydrogens is 232 g/mol. The number of pyridine rings is 1. The van der Waals surface area contributed by atoms with E-state index >= 15 is 0 Å². The molecule has 1 aromatic heterocycles. The van der Waals surface area contributed by atoms with Crippen LogP contribution in [0, 0.1) is 0 Å². The number of halogens is 2. The van der Waals surface area contributed by atoms with E-state index < -0.39 is 12.4 Å². The number of ether oxygens (including phenoxy) is 2. The lowest BCUT2D eigenvalue weighted by atomic mass is 10.1. The van der Waals surface area contributed by atoms with Gasteiger partial charge in [0.15, 0.2) is 0 Å². The van der Waals surface area contributed by atoms with E-state index in [2.05, 4.69) is 4.98 Å². The van der Waals surface area contributed by atoms with Gasteiger partial charge in [-0.3, -0.25) is 9.78 Å². The second kappa shape index (κ2) is 6.12. The molecule has 0 unspecified atom stereocenters. The van der Waals surface area contributed by atoms with Crippen molar-refractivity contribution in [2.75, 3.05) is 13.7 Å². The largest absolute Gasteiger partial charge is 0.496 e. The van der Waals surface area contributed by atoms with Crippen LogP contribution >= 0.6 is 0 Å². The first-order valence-corrected chi connectivity index (χ1v) is 5.05. The van der Waals surface area contributed by atoms with Crippen molar-refractivity contribution in [2.24, 2.45) is 0 Å². The number of carbonyl (C=O) groups is 1. The fraction of sp³-hybridized carbons (Fsp3) is 0.455. The van der Waals surface area contributed by atoms with Crippen molar-refractivity contribution in [3.63, 3.8) is 0 Å². The standard InChI is InChI=1S/C11H13F2NO3/c1-3-17-10(15)4-7-6-14-8(11(12)13)5-9(7)16-2/h5-6,11H,3-4H2,1-2H3. The van der Waals surface area contributed by atoms with Gasteiger partial charge in [0.05, 0.1) is 20.1 Å². The van der Waals surface area contributed by atoms with E-state index in [1.165, 1.54) is 13.3 Å². The van der Waals surface area contributed by atoms with Crippen LogP contribution in [-0.4, -0.2) is 24.7 Å². The number of nitrogens with zero attached hydrogens (tertiary/aromatic N) is 1. The number of aromatic nitrogens is 1. The van der Waals surface area contributed by atoms with Crippen LogP contribution in [0.3, 0.4) is 0 Å². The van der Waals surface area contributed by atoms with Gasteiger partial charge in [0.2, 0.25) is 0 Å². The SMILES string of the molecule is CCOC(=O)Cc1cnc(C(F)F)cc1OC. The Morgan fingerprint density at radius 2 is 2.24 bits per heavy atom. The summed E-state index contributed by atoms with van der Waals surface area (Å²) >= 11 is 0. The van der Waals surface area contributed by atoms with Gasteiger partial charge in [0, 0.05) is 17.8 Å². The highest BCUT2D eigenvalue weighted by atomic mass is 19.3. The molecule has 0 aliphatic heterocycles. The molecule has 0 bridgehead atoms. The zero-order valence-corrected chi connectivity index (χ0v) is 9.57. The molecule has 0 saturated heterocycles. The summed E-state index contributed by atoms with van der Waals surface area (Å²) in [5.41, 5.74) is 0.0461. The Balaban J connectivity index is 2.89. The van der Waals surface area contributed by atoms with Crippen LogP contribution in [0.5, 0.6) is 5.75 Å². The van der Waals surface area contributed by atoms with Gasteiger partial charge < -0.3 is 9.47 Å². The molecule has 1 heterocycles. The Morgan fingerprint density at radius 1 is 1.53 bits per heavy atom. The molecule has 6 heteroatoms. The highest BCUT2D eigenvalue weighted by Gasteiger charge is 2.15. The normalized spacial score (nSPS) is 10.4. The van der Waals surface area contributed by atoms with E-state index in [4.69, 9.17) is 9.47 Å². The van der Waals surface area contributed by atoms with Crippen LogP contribution < -0.4 is 4.74 Å². The maximum absolute atomic E-state index is 12.4. The summed E-state index contributed by atoms with van der Waals surface area (Å²) in [7, 11) is 1.35. The molecule has 0 spiro atoms. The summed E-state index contributed by atoms with van der Waals surface area (Å²) in [6, 6.07) is 1.12. The van der Waals surface area contributed by atoms with Crippen LogP contribution in [0.2, 0.25) is 0 Å². The van der Waals surface area contributed by atoms with E-state index in [1.807, 2.05) is 0 Å². The quantitative estimate of drug-likeness (QED) is 0.745. The maximum atomic E-state index is 12.4. The van der Waals surface area contributed by atoms with Gasteiger partial charge in [0.25, 0.3) is 6.43 Å². The molecule has 94 valence electrons. The highest BCUT2D eigenvalue weighted by Crippen LogP contribution is 2.24. The molecule has 0 N–H and O–H groups in total. The fourth-order valence-electron chi connectivity index (χ4n) is 1.29. The second-order valence-corrected chi connectivity index (χ2v) is 3.20. The summed E-state index contributed by atoms with van der Waals surface area (Å²) in [5, 5.41) is 0. The van der Waals surface area contributed by atoms with Crippen LogP contribution in [0.25, 0.3) is 0 Å². The van der Waals surface area contributed by atoms with Gasteiger partial charge in [-0.2, -0.15) is 0 Å². The first-order chi connectivity index (χ1) is 8.08. The minimum absolute atomic E-state index is 0.0481. The average Bonchev–Trinajstić information content (AvgIpc) is 2.29. The van der Waals surface area contributed by atoms with Crippen LogP contribution in [0.15, 0.2) is 12.3 Å². The predicted molar refractivity (Wildman–Crippen MR) is 56.1 cm³/mol. The van der Waals surface area contributed by atoms with Crippen molar-refractivity contribution in [2.45, 2.75) is 19.8 Å². The van der Waals surface area contributed by atoms with Crippen molar-refractivity contribution >= 4 is 5.97 Å². The number of rotatable bonds is 5. The number of alkyl halides is 2. The molecule has 0 aliphatic rings. The number of esters is 1. The van der Waals surface area contributed by atoms with Crippen molar-refractivity contribution in [3.8, 4) is 5.75 Å². The summed E-state index contributed by atoms with van der Waals surface area (Å²) in [5.74, 6) is -0.235. The van der Waals surface area contributed by atoms with Crippen molar-refractivity contribution in [1.29, 1.82) is 0 Å². The van der Waals surface area contributed by atoms with Gasteiger partial charge in [-0.05, 0) is 6.92 Å². The van der Waals surface area contributed by atoms with E-state index in [-0.39, 0.29) is 24.5 Å². The van der Waals surface area contributed by atoms with Gasteiger partial charge in [0.1, 0.15) is 11.4 Å². The number of carbonyl (C=O) groups excluding carboxylic acids is 1. The summed E-state index contributed by atoms with van der Waals surface area (Å²) in [6.45, 7) is 1.96. The van der Waals surface area contributed by atoms with Crippen LogP contribution in [0.1, 0.15) is 24.6 Å². The van der Waals surface area contributed by atoms with E-state index in [9.17, 15) is 13.6 Å². The Morgan fingerprint density at radius 3 is 2.76 bits per heavy atom. The minimum Gasteiger partial charge on any atom is -0.496 e. The summed E-state index contributed by atoms with van der Waals surface area (Å²) in [4.78, 5) is 14.8. The lowest BCUT2D eigenvalue weighted by molar-refractivity contribution is -0.142. The predicted octanol–water partition coefficient (Wildman–Crippen LogP) is 2.13. The molecule has 4 nitrogen and oxygen atoms in total. The minimum atomic E-state index is -2.67. The monoisotopic (exact) mass is 245 g/mol. The summed E-state index contributed by atoms with van der Waals surface area (Å²) < 4.78 is 34.5. The number of hydrogen-bond donors (Lipinski definition) is 0. The molecule has 0 fully saturated rings. The second-order valence-electron chi connectivity index (χ2n) is 3.20. The Bertz CT molecular complexity index is 396. The Labute approximate surface area is 97.6 Å². The molecule has 0 radical (unpaired) electrons. The third-order valence-electron chi connectivity index (χ3n) is 2.05. The number of hydrogen-bond acceptors (Lipinski definition) is 4. The molecular formula is C11H13F2NO3. The fourth-order valence-corrected chi connectivity index (χ4v) is 1.29. The smallest absolute Gasteiger partial charge is 0.310 e. The van der Waals surface area contributed by atoms with Crippen LogP contribution in [0.4, 0.5) is 8.78 Å². The first kappa shape index (κ1) is 13.3. The lowest BCUT2D eigenvalue weighted by Gasteiger charge is -2.09. The molecule has 0 aromatic carbocycles. The van der Waals surface area contributed by atoms with Gasteiger partial charge in [-0.1, -0.05) is 0 Å². The van der Waals surface area contributed by atoms with Gasteiger partial charge in [-0.15, -0.1) is 0 Å².